The molecule has 1 fully saturated rings. The van der Waals surface area contributed by atoms with Crippen LogP contribution >= 0.6 is 0 Å². The van der Waals surface area contributed by atoms with E-state index in [1.165, 1.54) is 12.8 Å². The Kier molecular flexibility index (Phi) is 4.78. The lowest BCUT2D eigenvalue weighted by atomic mass is 9.93. The molecule has 102 valence electrons. The lowest BCUT2D eigenvalue weighted by molar-refractivity contribution is 0.138. The van der Waals surface area contributed by atoms with Crippen LogP contribution in [0.5, 0.6) is 0 Å². The van der Waals surface area contributed by atoms with Crippen molar-refractivity contribution >= 4 is 0 Å². The Morgan fingerprint density at radius 3 is 3.00 bits per heavy atom. The summed E-state index contributed by atoms with van der Waals surface area (Å²) in [5, 5.41) is 7.72. The van der Waals surface area contributed by atoms with Crippen LogP contribution in [0.2, 0.25) is 0 Å². The van der Waals surface area contributed by atoms with E-state index < -0.39 is 0 Å². The van der Waals surface area contributed by atoms with Gasteiger partial charge in [0.2, 0.25) is 0 Å². The van der Waals surface area contributed by atoms with Crippen LogP contribution < -0.4 is 5.32 Å². The third kappa shape index (κ3) is 3.56. The van der Waals surface area contributed by atoms with E-state index in [4.69, 9.17) is 4.52 Å². The van der Waals surface area contributed by atoms with Gasteiger partial charge < -0.3 is 9.84 Å². The highest BCUT2D eigenvalue weighted by molar-refractivity contribution is 5.03. The quantitative estimate of drug-likeness (QED) is 0.871. The van der Waals surface area contributed by atoms with Gasteiger partial charge in [0.1, 0.15) is 5.76 Å². The molecule has 1 aromatic heterocycles. The van der Waals surface area contributed by atoms with Crippen molar-refractivity contribution in [1.82, 2.24) is 15.4 Å². The molecule has 2 atom stereocenters. The van der Waals surface area contributed by atoms with Crippen molar-refractivity contribution in [2.24, 2.45) is 5.92 Å². The Hall–Kier alpha value is -0.870. The van der Waals surface area contributed by atoms with Crippen molar-refractivity contribution in [3.05, 3.63) is 17.5 Å². The van der Waals surface area contributed by atoms with Crippen LogP contribution in [0.3, 0.4) is 0 Å². The van der Waals surface area contributed by atoms with Crippen molar-refractivity contribution < 1.29 is 4.52 Å². The number of aryl methyl sites for hydroxylation is 1. The van der Waals surface area contributed by atoms with Crippen molar-refractivity contribution in [2.45, 2.75) is 46.2 Å². The summed E-state index contributed by atoms with van der Waals surface area (Å²) in [7, 11) is 0. The van der Waals surface area contributed by atoms with E-state index in [1.54, 1.807) is 0 Å². The van der Waals surface area contributed by atoms with Gasteiger partial charge in [0, 0.05) is 31.7 Å². The van der Waals surface area contributed by atoms with E-state index in [-0.39, 0.29) is 0 Å². The minimum atomic E-state index is 0.681. The summed E-state index contributed by atoms with van der Waals surface area (Å²) < 4.78 is 5.12. The molecule has 2 heterocycles. The first-order valence-corrected chi connectivity index (χ1v) is 7.07. The van der Waals surface area contributed by atoms with Crippen LogP contribution in [0.15, 0.2) is 10.6 Å². The molecule has 1 saturated heterocycles. The topological polar surface area (TPSA) is 41.3 Å². The molecule has 0 radical (unpaired) electrons. The lowest BCUT2D eigenvalue weighted by Crippen LogP contribution is -2.48. The maximum absolute atomic E-state index is 5.12. The number of aromatic nitrogens is 1. The van der Waals surface area contributed by atoms with Crippen LogP contribution in [-0.4, -0.2) is 35.7 Å². The third-order valence-corrected chi connectivity index (χ3v) is 3.71. The number of rotatable bonds is 5. The molecule has 0 saturated carbocycles. The van der Waals surface area contributed by atoms with Crippen molar-refractivity contribution in [2.75, 3.05) is 19.6 Å². The SMILES string of the molecule is CCCNC1CCN(Cc2cc(C)on2)CC1C. The molecule has 0 amide bonds. The molecule has 0 aliphatic carbocycles. The Labute approximate surface area is 110 Å². The fourth-order valence-corrected chi connectivity index (χ4v) is 2.73. The normalized spacial score (nSPS) is 25.5. The number of likely N-dealkylation sites (tertiary alicyclic amines) is 1. The van der Waals surface area contributed by atoms with Gasteiger partial charge >= 0.3 is 0 Å². The molecular formula is C14H25N3O. The molecule has 1 N–H and O–H groups in total. The summed E-state index contributed by atoms with van der Waals surface area (Å²) in [6, 6.07) is 2.71. The minimum absolute atomic E-state index is 0.681. The molecule has 4 heteroatoms. The van der Waals surface area contributed by atoms with E-state index in [2.05, 4.69) is 29.2 Å². The highest BCUT2D eigenvalue weighted by atomic mass is 16.5. The first-order chi connectivity index (χ1) is 8.69. The fourth-order valence-electron chi connectivity index (χ4n) is 2.73. The standard InChI is InChI=1S/C14H25N3O/c1-4-6-15-14-5-7-17(9-11(14)2)10-13-8-12(3)18-16-13/h8,11,14-15H,4-7,9-10H2,1-3H3. The zero-order chi connectivity index (χ0) is 13.0. The van der Waals surface area contributed by atoms with Gasteiger partial charge in [0.15, 0.2) is 0 Å². The van der Waals surface area contributed by atoms with Gasteiger partial charge in [0.25, 0.3) is 0 Å². The minimum Gasteiger partial charge on any atom is -0.361 e. The van der Waals surface area contributed by atoms with Gasteiger partial charge in [-0.05, 0) is 32.2 Å². The largest absolute Gasteiger partial charge is 0.361 e. The average molecular weight is 251 g/mol. The van der Waals surface area contributed by atoms with Crippen molar-refractivity contribution in [3.63, 3.8) is 0 Å². The third-order valence-electron chi connectivity index (χ3n) is 3.71. The zero-order valence-electron chi connectivity index (χ0n) is 11.8. The Balaban J connectivity index is 1.80. The van der Waals surface area contributed by atoms with E-state index in [1.807, 2.05) is 13.0 Å². The predicted octanol–water partition coefficient (Wildman–Crippen LogP) is 2.19. The van der Waals surface area contributed by atoms with Gasteiger partial charge in [-0.2, -0.15) is 0 Å². The second-order valence-electron chi connectivity index (χ2n) is 5.49. The average Bonchev–Trinajstić information content (AvgIpc) is 2.74. The van der Waals surface area contributed by atoms with E-state index in [9.17, 15) is 0 Å². The monoisotopic (exact) mass is 251 g/mol. The van der Waals surface area contributed by atoms with E-state index in [0.29, 0.717) is 12.0 Å². The van der Waals surface area contributed by atoms with Gasteiger partial charge in [-0.1, -0.05) is 19.0 Å². The number of piperidine rings is 1. The maximum atomic E-state index is 5.12. The second-order valence-corrected chi connectivity index (χ2v) is 5.49. The summed E-state index contributed by atoms with van der Waals surface area (Å²) in [5.74, 6) is 1.61. The van der Waals surface area contributed by atoms with Crippen LogP contribution in [0.4, 0.5) is 0 Å². The molecule has 1 aliphatic heterocycles. The maximum Gasteiger partial charge on any atom is 0.133 e. The fraction of sp³-hybridized carbons (Fsp3) is 0.786. The van der Waals surface area contributed by atoms with Crippen LogP contribution in [-0.2, 0) is 6.54 Å². The Bertz CT molecular complexity index is 364. The molecular weight excluding hydrogens is 226 g/mol. The summed E-state index contributed by atoms with van der Waals surface area (Å²) in [6.45, 7) is 10.9. The molecule has 18 heavy (non-hydrogen) atoms. The van der Waals surface area contributed by atoms with Gasteiger partial charge in [-0.3, -0.25) is 4.90 Å². The molecule has 2 unspecified atom stereocenters. The van der Waals surface area contributed by atoms with Crippen LogP contribution in [0, 0.1) is 12.8 Å². The number of nitrogens with one attached hydrogen (secondary N) is 1. The zero-order valence-corrected chi connectivity index (χ0v) is 11.8. The summed E-state index contributed by atoms with van der Waals surface area (Å²) in [6.07, 6.45) is 2.45. The Morgan fingerprint density at radius 2 is 2.39 bits per heavy atom. The summed E-state index contributed by atoms with van der Waals surface area (Å²) in [5.41, 5.74) is 1.06. The summed E-state index contributed by atoms with van der Waals surface area (Å²) in [4.78, 5) is 2.48. The molecule has 0 aromatic carbocycles. The van der Waals surface area contributed by atoms with E-state index in [0.717, 1.165) is 37.6 Å². The van der Waals surface area contributed by atoms with Crippen LogP contribution in [0.1, 0.15) is 38.1 Å². The smallest absolute Gasteiger partial charge is 0.133 e. The lowest BCUT2D eigenvalue weighted by Gasteiger charge is -2.37. The number of nitrogens with zero attached hydrogens (tertiary/aromatic N) is 2. The molecule has 1 aromatic rings. The molecule has 4 nitrogen and oxygen atoms in total. The first-order valence-electron chi connectivity index (χ1n) is 7.07. The highest BCUT2D eigenvalue weighted by Crippen LogP contribution is 2.18. The van der Waals surface area contributed by atoms with Crippen LogP contribution in [0.25, 0.3) is 0 Å². The number of hydrogen-bond acceptors (Lipinski definition) is 4. The van der Waals surface area contributed by atoms with E-state index >= 15 is 0 Å². The molecule has 1 aliphatic rings. The molecule has 2 rings (SSSR count). The first kappa shape index (κ1) is 13.6. The molecule has 0 spiro atoms. The number of hydrogen-bond donors (Lipinski definition) is 1. The molecule has 0 bridgehead atoms. The van der Waals surface area contributed by atoms with Gasteiger partial charge in [0.05, 0.1) is 5.69 Å². The summed E-state index contributed by atoms with van der Waals surface area (Å²) >= 11 is 0. The van der Waals surface area contributed by atoms with Crippen molar-refractivity contribution in [3.8, 4) is 0 Å². The Morgan fingerprint density at radius 1 is 1.56 bits per heavy atom. The predicted molar refractivity (Wildman–Crippen MR) is 72.4 cm³/mol. The van der Waals surface area contributed by atoms with Crippen molar-refractivity contribution in [1.29, 1.82) is 0 Å². The van der Waals surface area contributed by atoms with Gasteiger partial charge in [-0.25, -0.2) is 0 Å². The van der Waals surface area contributed by atoms with Gasteiger partial charge in [-0.15, -0.1) is 0 Å². The second kappa shape index (κ2) is 6.34. The highest BCUT2D eigenvalue weighted by Gasteiger charge is 2.25.